The molecule has 0 bridgehead atoms. The zero-order valence-corrected chi connectivity index (χ0v) is 24.3. The molecular formula is C31H32ClNO7. The number of hydrogen-bond donors (Lipinski definition) is 1. The SMILES string of the molecule is COC(=O)C1=C(C)NC2=C(C(=O)C3(Oc4c(Cl)c(OC)cc(OC)c4C3=O)C(C)C2)C1c1ccc(C(C)C)cc1. The first-order valence-electron chi connectivity index (χ1n) is 13.1. The summed E-state index contributed by atoms with van der Waals surface area (Å²) in [7, 11) is 4.17. The van der Waals surface area contributed by atoms with Crippen LogP contribution in [0.1, 0.15) is 67.4 Å². The third-order valence-electron chi connectivity index (χ3n) is 8.19. The summed E-state index contributed by atoms with van der Waals surface area (Å²) < 4.78 is 22.3. The molecule has 2 heterocycles. The van der Waals surface area contributed by atoms with Crippen molar-refractivity contribution in [1.29, 1.82) is 0 Å². The second kappa shape index (κ2) is 10.0. The van der Waals surface area contributed by atoms with E-state index in [0.717, 1.165) is 11.1 Å². The highest BCUT2D eigenvalue weighted by molar-refractivity contribution is 6.36. The first-order chi connectivity index (χ1) is 19.0. The van der Waals surface area contributed by atoms with E-state index in [1.807, 2.05) is 24.3 Å². The van der Waals surface area contributed by atoms with Crippen molar-refractivity contribution < 1.29 is 33.3 Å². The number of esters is 1. The molecule has 3 unspecified atom stereocenters. The fourth-order valence-electron chi connectivity index (χ4n) is 6.06. The van der Waals surface area contributed by atoms with Crippen LogP contribution in [0.15, 0.2) is 52.9 Å². The molecule has 0 amide bonds. The topological polar surface area (TPSA) is 100 Å². The molecule has 0 saturated heterocycles. The molecular weight excluding hydrogens is 534 g/mol. The van der Waals surface area contributed by atoms with Crippen LogP contribution in [0.4, 0.5) is 0 Å². The van der Waals surface area contributed by atoms with Crippen molar-refractivity contribution in [2.75, 3.05) is 21.3 Å². The van der Waals surface area contributed by atoms with E-state index in [-0.39, 0.29) is 27.8 Å². The smallest absolute Gasteiger partial charge is 0.336 e. The zero-order valence-electron chi connectivity index (χ0n) is 23.6. The van der Waals surface area contributed by atoms with Gasteiger partial charge in [0.1, 0.15) is 22.1 Å². The Balaban J connectivity index is 1.70. The largest absolute Gasteiger partial charge is 0.496 e. The number of methoxy groups -OCH3 is 3. The van der Waals surface area contributed by atoms with E-state index < -0.39 is 35.0 Å². The van der Waals surface area contributed by atoms with Gasteiger partial charge in [0, 0.05) is 34.9 Å². The number of carbonyl (C=O) groups excluding carboxylic acids is 3. The van der Waals surface area contributed by atoms with Crippen LogP contribution in [-0.4, -0.2) is 44.5 Å². The van der Waals surface area contributed by atoms with Crippen LogP contribution >= 0.6 is 11.6 Å². The zero-order chi connectivity index (χ0) is 29.1. The van der Waals surface area contributed by atoms with Gasteiger partial charge in [-0.1, -0.05) is 56.6 Å². The normalized spacial score (nSPS) is 23.6. The maximum Gasteiger partial charge on any atom is 0.336 e. The number of fused-ring (bicyclic) bond motifs is 1. The summed E-state index contributed by atoms with van der Waals surface area (Å²) in [6.45, 7) is 7.77. The van der Waals surface area contributed by atoms with Gasteiger partial charge in [-0.3, -0.25) is 9.59 Å². The van der Waals surface area contributed by atoms with E-state index in [2.05, 4.69) is 19.2 Å². The van der Waals surface area contributed by atoms with Crippen LogP contribution < -0.4 is 19.5 Å². The van der Waals surface area contributed by atoms with Crippen molar-refractivity contribution >= 4 is 29.1 Å². The first-order valence-corrected chi connectivity index (χ1v) is 13.5. The van der Waals surface area contributed by atoms with Gasteiger partial charge in [-0.05, 0) is 30.4 Å². The molecule has 40 heavy (non-hydrogen) atoms. The van der Waals surface area contributed by atoms with Crippen LogP contribution in [0.2, 0.25) is 5.02 Å². The van der Waals surface area contributed by atoms with E-state index in [4.69, 9.17) is 30.5 Å². The van der Waals surface area contributed by atoms with Gasteiger partial charge in [0.15, 0.2) is 5.75 Å². The third kappa shape index (κ3) is 3.84. The van der Waals surface area contributed by atoms with Crippen molar-refractivity contribution in [2.45, 2.75) is 51.6 Å². The van der Waals surface area contributed by atoms with Gasteiger partial charge in [0.2, 0.25) is 17.2 Å². The highest BCUT2D eigenvalue weighted by atomic mass is 35.5. The Bertz CT molecular complexity index is 1500. The predicted molar refractivity (Wildman–Crippen MR) is 149 cm³/mol. The minimum absolute atomic E-state index is 0.0497. The van der Waals surface area contributed by atoms with Crippen molar-refractivity contribution in [3.05, 3.63) is 74.6 Å². The molecule has 1 spiro atoms. The number of hydrogen-bond acceptors (Lipinski definition) is 8. The highest BCUT2D eigenvalue weighted by Gasteiger charge is 2.63. The van der Waals surface area contributed by atoms with Crippen molar-refractivity contribution in [3.63, 3.8) is 0 Å². The highest BCUT2D eigenvalue weighted by Crippen LogP contribution is 2.56. The Labute approximate surface area is 238 Å². The van der Waals surface area contributed by atoms with Crippen LogP contribution in [0.3, 0.4) is 0 Å². The molecule has 210 valence electrons. The maximum absolute atomic E-state index is 14.7. The number of nitrogens with one attached hydrogen (secondary N) is 1. The summed E-state index contributed by atoms with van der Waals surface area (Å²) in [5.41, 5.74) is 1.89. The Kier molecular flexibility index (Phi) is 6.94. The average Bonchev–Trinajstić information content (AvgIpc) is 3.25. The Hall–Kier alpha value is -3.78. The lowest BCUT2D eigenvalue weighted by Gasteiger charge is -2.42. The molecule has 3 aliphatic rings. The first kappa shape index (κ1) is 27.8. The quantitative estimate of drug-likeness (QED) is 0.375. The van der Waals surface area contributed by atoms with Gasteiger partial charge in [0.25, 0.3) is 0 Å². The molecule has 2 aliphatic heterocycles. The Morgan fingerprint density at radius 1 is 1.07 bits per heavy atom. The lowest BCUT2D eigenvalue weighted by Crippen LogP contribution is -2.58. The van der Waals surface area contributed by atoms with E-state index in [9.17, 15) is 14.4 Å². The minimum atomic E-state index is -1.89. The summed E-state index contributed by atoms with van der Waals surface area (Å²) in [5, 5.41) is 3.35. The molecule has 0 saturated carbocycles. The lowest BCUT2D eigenvalue weighted by molar-refractivity contribution is -0.136. The summed E-state index contributed by atoms with van der Waals surface area (Å²) in [4.78, 5) is 42.1. The number of Topliss-reactive ketones (excluding diaryl/α,β-unsaturated/α-hetero) is 2. The van der Waals surface area contributed by atoms with Gasteiger partial charge in [-0.25, -0.2) is 4.79 Å². The number of dihydropyridines is 1. The van der Waals surface area contributed by atoms with Gasteiger partial charge in [-0.15, -0.1) is 0 Å². The predicted octanol–water partition coefficient (Wildman–Crippen LogP) is 5.49. The number of ketones is 2. The van der Waals surface area contributed by atoms with E-state index in [0.29, 0.717) is 34.9 Å². The number of halogens is 1. The van der Waals surface area contributed by atoms with Crippen molar-refractivity contribution in [2.24, 2.45) is 5.92 Å². The molecule has 2 aromatic carbocycles. The number of ether oxygens (including phenoxy) is 4. The number of benzene rings is 2. The Morgan fingerprint density at radius 2 is 1.73 bits per heavy atom. The van der Waals surface area contributed by atoms with Gasteiger partial charge in [-0.2, -0.15) is 0 Å². The molecule has 1 aliphatic carbocycles. The van der Waals surface area contributed by atoms with Crippen molar-refractivity contribution in [1.82, 2.24) is 5.32 Å². The lowest BCUT2D eigenvalue weighted by atomic mass is 9.65. The summed E-state index contributed by atoms with van der Waals surface area (Å²) in [6, 6.07) is 9.32. The fourth-order valence-corrected chi connectivity index (χ4v) is 6.33. The standard InChI is InChI=1S/C31H32ClNO7/c1-14(2)17-8-10-18(11-9-17)23-22(30(36)39-7)16(4)33-19-12-15(3)31(28(34)24(19)23)29(35)25-20(37-5)13-21(38-6)26(32)27(25)40-31/h8-11,13-15,23,33H,12H2,1-7H3. The monoisotopic (exact) mass is 565 g/mol. The third-order valence-corrected chi connectivity index (χ3v) is 8.55. The second-order valence-corrected chi connectivity index (χ2v) is 11.1. The van der Waals surface area contributed by atoms with Gasteiger partial charge in [0.05, 0.1) is 26.9 Å². The number of allylic oxidation sites excluding steroid dienone is 2. The van der Waals surface area contributed by atoms with E-state index in [1.165, 1.54) is 27.4 Å². The van der Waals surface area contributed by atoms with Crippen LogP contribution in [0, 0.1) is 5.92 Å². The molecule has 3 atom stereocenters. The van der Waals surface area contributed by atoms with Crippen LogP contribution in [0.25, 0.3) is 0 Å². The summed E-state index contributed by atoms with van der Waals surface area (Å²) in [6.07, 6.45) is 0.324. The number of rotatable bonds is 5. The molecule has 1 N–H and O–H groups in total. The molecule has 5 rings (SSSR count). The molecule has 2 aromatic rings. The van der Waals surface area contributed by atoms with Crippen molar-refractivity contribution in [3.8, 4) is 17.2 Å². The molecule has 0 radical (unpaired) electrons. The molecule has 9 heteroatoms. The van der Waals surface area contributed by atoms with E-state index >= 15 is 0 Å². The van der Waals surface area contributed by atoms with Crippen LogP contribution in [-0.2, 0) is 14.3 Å². The average molecular weight is 566 g/mol. The van der Waals surface area contributed by atoms with Crippen LogP contribution in [0.5, 0.6) is 17.2 Å². The number of carbonyl (C=O) groups is 3. The minimum Gasteiger partial charge on any atom is -0.496 e. The summed E-state index contributed by atoms with van der Waals surface area (Å²) in [5.74, 6) is -2.15. The second-order valence-electron chi connectivity index (χ2n) is 10.7. The van der Waals surface area contributed by atoms with Gasteiger partial charge < -0.3 is 24.3 Å². The summed E-state index contributed by atoms with van der Waals surface area (Å²) >= 11 is 6.59. The van der Waals surface area contributed by atoms with E-state index in [1.54, 1.807) is 13.8 Å². The molecule has 0 aromatic heterocycles. The Morgan fingerprint density at radius 3 is 2.30 bits per heavy atom. The molecule has 0 fully saturated rings. The molecule has 8 nitrogen and oxygen atoms in total. The van der Waals surface area contributed by atoms with Gasteiger partial charge >= 0.3 is 5.97 Å². The maximum atomic E-state index is 14.7. The fraction of sp³-hybridized carbons (Fsp3) is 0.387.